The van der Waals surface area contributed by atoms with E-state index in [0.29, 0.717) is 0 Å². The predicted octanol–water partition coefficient (Wildman–Crippen LogP) is 2.76. The summed E-state index contributed by atoms with van der Waals surface area (Å²) in [5.41, 5.74) is 4.50. The molecular formula is C13H19N. The zero-order valence-electron chi connectivity index (χ0n) is 9.21. The molecule has 1 heteroatoms. The zero-order valence-corrected chi connectivity index (χ0v) is 9.21. The first-order chi connectivity index (χ1) is 6.79. The first-order valence-corrected chi connectivity index (χ1v) is 5.60. The molecule has 0 unspecified atom stereocenters. The third kappa shape index (κ3) is 1.98. The lowest BCUT2D eigenvalue weighted by Crippen LogP contribution is -2.31. The molecule has 0 saturated carbocycles. The second-order valence-corrected chi connectivity index (χ2v) is 4.30. The summed E-state index contributed by atoms with van der Waals surface area (Å²) in [7, 11) is 0. The van der Waals surface area contributed by atoms with Gasteiger partial charge in [-0.15, -0.1) is 0 Å². The van der Waals surface area contributed by atoms with Crippen LogP contribution in [0.2, 0.25) is 0 Å². The van der Waals surface area contributed by atoms with E-state index in [0.717, 1.165) is 6.54 Å². The van der Waals surface area contributed by atoms with Crippen LogP contribution in [0.4, 0.5) is 0 Å². The summed E-state index contributed by atoms with van der Waals surface area (Å²) >= 11 is 0. The Labute approximate surface area is 86.7 Å². The molecule has 0 fully saturated rings. The van der Waals surface area contributed by atoms with Crippen LogP contribution >= 0.6 is 0 Å². The molecule has 1 aliphatic rings. The molecule has 0 N–H and O–H groups in total. The van der Waals surface area contributed by atoms with E-state index in [9.17, 15) is 0 Å². The predicted molar refractivity (Wildman–Crippen MR) is 60.5 cm³/mol. The SMILES string of the molecule is CCCN1CCc2ccc(C)cc2C1. The topological polar surface area (TPSA) is 3.24 Å². The van der Waals surface area contributed by atoms with Crippen molar-refractivity contribution in [3.8, 4) is 0 Å². The van der Waals surface area contributed by atoms with E-state index >= 15 is 0 Å². The van der Waals surface area contributed by atoms with Gasteiger partial charge in [0.2, 0.25) is 0 Å². The Hall–Kier alpha value is -0.820. The number of fused-ring (bicyclic) bond motifs is 1. The van der Waals surface area contributed by atoms with Gasteiger partial charge in [0.25, 0.3) is 0 Å². The first-order valence-electron chi connectivity index (χ1n) is 5.60. The van der Waals surface area contributed by atoms with E-state index in [1.807, 2.05) is 0 Å². The second-order valence-electron chi connectivity index (χ2n) is 4.30. The fourth-order valence-electron chi connectivity index (χ4n) is 2.25. The molecule has 2 rings (SSSR count). The molecule has 1 aromatic rings. The lowest BCUT2D eigenvalue weighted by molar-refractivity contribution is 0.255. The number of nitrogens with zero attached hydrogens (tertiary/aromatic N) is 1. The van der Waals surface area contributed by atoms with E-state index < -0.39 is 0 Å². The molecule has 0 amide bonds. The third-order valence-corrected chi connectivity index (χ3v) is 2.99. The van der Waals surface area contributed by atoms with Gasteiger partial charge < -0.3 is 0 Å². The van der Waals surface area contributed by atoms with Crippen LogP contribution in [0.5, 0.6) is 0 Å². The Bertz CT molecular complexity index is 317. The van der Waals surface area contributed by atoms with Gasteiger partial charge in [0.05, 0.1) is 0 Å². The summed E-state index contributed by atoms with van der Waals surface area (Å²) in [6, 6.07) is 6.87. The van der Waals surface area contributed by atoms with Crippen molar-refractivity contribution in [2.75, 3.05) is 13.1 Å². The largest absolute Gasteiger partial charge is 0.299 e. The lowest BCUT2D eigenvalue weighted by Gasteiger charge is -2.28. The third-order valence-electron chi connectivity index (χ3n) is 2.99. The monoisotopic (exact) mass is 189 g/mol. The van der Waals surface area contributed by atoms with Crippen molar-refractivity contribution in [1.82, 2.24) is 4.90 Å². The molecule has 0 aliphatic carbocycles. The maximum atomic E-state index is 2.56. The van der Waals surface area contributed by atoms with Crippen molar-refractivity contribution in [1.29, 1.82) is 0 Å². The molecule has 1 aromatic carbocycles. The maximum Gasteiger partial charge on any atom is 0.0236 e. The highest BCUT2D eigenvalue weighted by Crippen LogP contribution is 2.19. The van der Waals surface area contributed by atoms with Gasteiger partial charge >= 0.3 is 0 Å². The smallest absolute Gasteiger partial charge is 0.0236 e. The minimum atomic E-state index is 1.16. The number of hydrogen-bond donors (Lipinski definition) is 0. The van der Waals surface area contributed by atoms with E-state index in [-0.39, 0.29) is 0 Å². The van der Waals surface area contributed by atoms with E-state index in [4.69, 9.17) is 0 Å². The molecule has 0 saturated heterocycles. The molecule has 76 valence electrons. The fraction of sp³-hybridized carbons (Fsp3) is 0.538. The highest BCUT2D eigenvalue weighted by Gasteiger charge is 2.14. The number of benzene rings is 1. The van der Waals surface area contributed by atoms with Gasteiger partial charge in [0.1, 0.15) is 0 Å². The van der Waals surface area contributed by atoms with E-state index in [1.165, 1.54) is 31.5 Å². The Morgan fingerprint density at radius 3 is 2.93 bits per heavy atom. The molecule has 14 heavy (non-hydrogen) atoms. The summed E-state index contributed by atoms with van der Waals surface area (Å²) in [6.45, 7) is 8.08. The average molecular weight is 189 g/mol. The quantitative estimate of drug-likeness (QED) is 0.691. The van der Waals surface area contributed by atoms with Crippen molar-refractivity contribution in [3.05, 3.63) is 34.9 Å². The van der Waals surface area contributed by atoms with Gasteiger partial charge in [-0.1, -0.05) is 30.7 Å². The number of rotatable bonds is 2. The number of aryl methyl sites for hydroxylation is 1. The van der Waals surface area contributed by atoms with Crippen LogP contribution < -0.4 is 0 Å². The van der Waals surface area contributed by atoms with Crippen molar-refractivity contribution in [2.24, 2.45) is 0 Å². The van der Waals surface area contributed by atoms with Crippen molar-refractivity contribution in [2.45, 2.75) is 33.2 Å². The zero-order chi connectivity index (χ0) is 9.97. The van der Waals surface area contributed by atoms with Gasteiger partial charge in [-0.25, -0.2) is 0 Å². The molecule has 1 aliphatic heterocycles. The van der Waals surface area contributed by atoms with Gasteiger partial charge in [0, 0.05) is 13.1 Å². The molecule has 0 aromatic heterocycles. The second kappa shape index (κ2) is 4.14. The van der Waals surface area contributed by atoms with Gasteiger partial charge in [-0.2, -0.15) is 0 Å². The highest BCUT2D eigenvalue weighted by molar-refractivity contribution is 5.33. The van der Waals surface area contributed by atoms with E-state index in [1.54, 1.807) is 11.1 Å². The molecule has 0 spiro atoms. The summed E-state index contributed by atoms with van der Waals surface area (Å²) in [6.07, 6.45) is 2.50. The van der Waals surface area contributed by atoms with Crippen LogP contribution in [0, 0.1) is 6.92 Å². The summed E-state index contributed by atoms with van der Waals surface area (Å²) in [4.78, 5) is 2.56. The maximum absolute atomic E-state index is 2.56. The van der Waals surface area contributed by atoms with Crippen LogP contribution in [-0.4, -0.2) is 18.0 Å². The first kappa shape index (κ1) is 9.72. The molecule has 1 heterocycles. The van der Waals surface area contributed by atoms with Crippen molar-refractivity contribution >= 4 is 0 Å². The average Bonchev–Trinajstić information content (AvgIpc) is 2.17. The normalized spacial score (nSPS) is 16.7. The Morgan fingerprint density at radius 2 is 2.14 bits per heavy atom. The minimum Gasteiger partial charge on any atom is -0.299 e. The molecular weight excluding hydrogens is 170 g/mol. The molecule has 0 bridgehead atoms. The molecule has 1 nitrogen and oxygen atoms in total. The fourth-order valence-corrected chi connectivity index (χ4v) is 2.25. The van der Waals surface area contributed by atoms with Crippen LogP contribution in [0.15, 0.2) is 18.2 Å². The van der Waals surface area contributed by atoms with Gasteiger partial charge in [-0.05, 0) is 37.4 Å². The summed E-state index contributed by atoms with van der Waals surface area (Å²) < 4.78 is 0. The van der Waals surface area contributed by atoms with Gasteiger partial charge in [0.15, 0.2) is 0 Å². The molecule has 0 atom stereocenters. The lowest BCUT2D eigenvalue weighted by atomic mass is 9.98. The standard InChI is InChI=1S/C13H19N/c1-3-7-14-8-6-12-5-4-11(2)9-13(12)10-14/h4-5,9H,3,6-8,10H2,1-2H3. The van der Waals surface area contributed by atoms with Crippen molar-refractivity contribution < 1.29 is 0 Å². The Kier molecular flexibility index (Phi) is 2.87. The molecule has 0 radical (unpaired) electrons. The highest BCUT2D eigenvalue weighted by atomic mass is 15.1. The minimum absolute atomic E-state index is 1.16. The summed E-state index contributed by atoms with van der Waals surface area (Å²) in [5.74, 6) is 0. The van der Waals surface area contributed by atoms with Crippen LogP contribution in [0.1, 0.15) is 30.0 Å². The van der Waals surface area contributed by atoms with Gasteiger partial charge in [-0.3, -0.25) is 4.90 Å². The Morgan fingerprint density at radius 1 is 1.29 bits per heavy atom. The van der Waals surface area contributed by atoms with Crippen LogP contribution in [0.3, 0.4) is 0 Å². The van der Waals surface area contributed by atoms with Crippen LogP contribution in [-0.2, 0) is 13.0 Å². The number of hydrogen-bond acceptors (Lipinski definition) is 1. The van der Waals surface area contributed by atoms with E-state index in [2.05, 4.69) is 36.9 Å². The summed E-state index contributed by atoms with van der Waals surface area (Å²) in [5, 5.41) is 0. The van der Waals surface area contributed by atoms with Crippen molar-refractivity contribution in [3.63, 3.8) is 0 Å². The Balaban J connectivity index is 2.16. The van der Waals surface area contributed by atoms with Crippen LogP contribution in [0.25, 0.3) is 0 Å².